The summed E-state index contributed by atoms with van der Waals surface area (Å²) < 4.78 is 34.6. The van der Waals surface area contributed by atoms with E-state index in [2.05, 4.69) is 10.0 Å². The van der Waals surface area contributed by atoms with Crippen molar-refractivity contribution in [2.75, 3.05) is 20.2 Å². The molecule has 228 valence electrons. The first-order valence-electron chi connectivity index (χ1n) is 13.7. The molecule has 2 aromatic carbocycles. The topological polar surface area (TPSA) is 197 Å². The molecule has 1 aliphatic heterocycles. The molecule has 1 heterocycles. The van der Waals surface area contributed by atoms with Crippen LogP contribution in [0.1, 0.15) is 53.5 Å². The van der Waals surface area contributed by atoms with Crippen molar-refractivity contribution >= 4 is 33.6 Å². The smallest absolute Gasteiger partial charge is 0.270 e. The van der Waals surface area contributed by atoms with Gasteiger partial charge in [0.2, 0.25) is 21.8 Å². The van der Waals surface area contributed by atoms with Crippen LogP contribution in [0.4, 0.5) is 0 Å². The minimum Gasteiger partial charge on any atom is -0.550 e. The quantitative estimate of drug-likeness (QED) is 0.168. The summed E-state index contributed by atoms with van der Waals surface area (Å²) in [4.78, 5) is 40.2. The molecule has 2 amide bonds. The van der Waals surface area contributed by atoms with Crippen LogP contribution in [-0.2, 0) is 30.8 Å². The summed E-state index contributed by atoms with van der Waals surface area (Å²) in [5, 5.41) is 19.9. The van der Waals surface area contributed by atoms with E-state index in [-0.39, 0.29) is 23.1 Å². The molecule has 13 heteroatoms. The molecular formula is C29H39N5O7S. The fourth-order valence-corrected chi connectivity index (χ4v) is 6.85. The third kappa shape index (κ3) is 7.85. The molecule has 0 aliphatic carbocycles. The van der Waals surface area contributed by atoms with Gasteiger partial charge in [0, 0.05) is 31.9 Å². The number of nitrogens with one attached hydrogen (secondary N) is 2. The molecule has 6 N–H and O–H groups in total. The van der Waals surface area contributed by atoms with Crippen LogP contribution in [0.3, 0.4) is 0 Å². The zero-order chi connectivity index (χ0) is 31.2. The number of likely N-dealkylation sites (tertiary alicyclic amines) is 1. The number of nitrogens with two attached hydrogens (primary N) is 2. The molecule has 1 fully saturated rings. The summed E-state index contributed by atoms with van der Waals surface area (Å²) in [6.07, 6.45) is 1.76. The van der Waals surface area contributed by atoms with Crippen molar-refractivity contribution in [3.8, 4) is 5.75 Å². The number of amides is 2. The van der Waals surface area contributed by atoms with Crippen LogP contribution >= 0.6 is 0 Å². The third-order valence-electron chi connectivity index (χ3n) is 7.46. The number of nitrogens with zero attached hydrogens (tertiary/aromatic N) is 1. The van der Waals surface area contributed by atoms with Crippen LogP contribution in [0.25, 0.3) is 0 Å². The zero-order valence-electron chi connectivity index (χ0n) is 24.4. The maximum absolute atomic E-state index is 13.5. The normalized spacial score (nSPS) is 15.0. The number of hydrogen-bond acceptors (Lipinski definition) is 7. The highest BCUT2D eigenvalue weighted by Gasteiger charge is 2.33. The lowest BCUT2D eigenvalue weighted by molar-refractivity contribution is -0.306. The summed E-state index contributed by atoms with van der Waals surface area (Å²) >= 11 is 0. The SMILES string of the molecule is COc1cc(C)c(S(=O)(=O)NC(CC(=O)[O-])C(=O)NC(Cc2ccc(C(N)=[NH2+])cc2)C(=O)N2CCCCC2)c(C)c1C. The summed E-state index contributed by atoms with van der Waals surface area (Å²) in [6, 6.07) is 5.53. The van der Waals surface area contributed by atoms with Gasteiger partial charge in [0.15, 0.2) is 0 Å². The number of benzene rings is 2. The number of methoxy groups -OCH3 is 1. The predicted octanol–water partition coefficient (Wildman–Crippen LogP) is -1.39. The molecule has 1 saturated heterocycles. The average Bonchev–Trinajstić information content (AvgIpc) is 2.94. The van der Waals surface area contributed by atoms with Crippen LogP contribution in [-0.4, -0.2) is 69.2 Å². The number of aliphatic carboxylic acids is 1. The second-order valence-corrected chi connectivity index (χ2v) is 12.2. The maximum atomic E-state index is 13.5. The van der Waals surface area contributed by atoms with Crippen molar-refractivity contribution in [3.63, 3.8) is 0 Å². The van der Waals surface area contributed by atoms with Gasteiger partial charge in [-0.15, -0.1) is 0 Å². The van der Waals surface area contributed by atoms with Gasteiger partial charge < -0.3 is 24.9 Å². The Morgan fingerprint density at radius 1 is 1.05 bits per heavy atom. The van der Waals surface area contributed by atoms with Crippen LogP contribution in [0.15, 0.2) is 35.2 Å². The Labute approximate surface area is 246 Å². The van der Waals surface area contributed by atoms with Gasteiger partial charge in [-0.05, 0) is 80.5 Å². The number of carboxylic acids is 1. The maximum Gasteiger partial charge on any atom is 0.270 e. The number of ether oxygens (including phenoxy) is 1. The Balaban J connectivity index is 1.92. The number of hydrogen-bond donors (Lipinski definition) is 4. The van der Waals surface area contributed by atoms with E-state index in [1.54, 1.807) is 56.0 Å². The lowest BCUT2D eigenvalue weighted by Gasteiger charge is -2.31. The van der Waals surface area contributed by atoms with Crippen molar-refractivity contribution in [1.29, 1.82) is 0 Å². The van der Waals surface area contributed by atoms with Gasteiger partial charge in [-0.3, -0.25) is 20.7 Å². The molecule has 42 heavy (non-hydrogen) atoms. The number of rotatable bonds is 12. The Hall–Kier alpha value is -3.97. The highest BCUT2D eigenvalue weighted by atomic mass is 32.2. The highest BCUT2D eigenvalue weighted by Crippen LogP contribution is 2.30. The Morgan fingerprint density at radius 2 is 1.67 bits per heavy atom. The lowest BCUT2D eigenvalue weighted by Crippen LogP contribution is -2.56. The van der Waals surface area contributed by atoms with E-state index in [4.69, 9.17) is 15.9 Å². The zero-order valence-corrected chi connectivity index (χ0v) is 25.2. The van der Waals surface area contributed by atoms with E-state index in [9.17, 15) is 27.9 Å². The standard InChI is InChI=1S/C29H39N5O7S/c1-17-14-24(41-4)18(2)19(3)26(17)42(39,40)33-22(16-25(35)36)28(37)32-23(29(38)34-12-6-5-7-13-34)15-20-8-10-21(11-9-20)27(30)31/h8-11,14,22-23,33H,5-7,12-13,15-16H2,1-4H3,(H3,30,31)(H,32,37)(H,35,36). The first-order chi connectivity index (χ1) is 19.7. The van der Waals surface area contributed by atoms with Gasteiger partial charge in [0.1, 0.15) is 17.8 Å². The van der Waals surface area contributed by atoms with Crippen molar-refractivity contribution in [2.24, 2.45) is 5.73 Å². The molecule has 3 rings (SSSR count). The number of sulfonamides is 1. The number of carboxylic acid groups (broad SMARTS) is 1. The lowest BCUT2D eigenvalue weighted by atomic mass is 10.0. The number of carbonyl (C=O) groups is 3. The molecule has 0 radical (unpaired) electrons. The minimum absolute atomic E-state index is 0.0759. The summed E-state index contributed by atoms with van der Waals surface area (Å²) in [7, 11) is -2.92. The third-order valence-corrected chi connectivity index (χ3v) is 9.22. The van der Waals surface area contributed by atoms with E-state index in [1.165, 1.54) is 7.11 Å². The van der Waals surface area contributed by atoms with Crippen LogP contribution in [0, 0.1) is 20.8 Å². The molecule has 1 aliphatic rings. The van der Waals surface area contributed by atoms with E-state index in [1.807, 2.05) is 0 Å². The molecule has 0 spiro atoms. The summed E-state index contributed by atoms with van der Waals surface area (Å²) in [5.74, 6) is -2.32. The molecule has 0 saturated carbocycles. The monoisotopic (exact) mass is 601 g/mol. The van der Waals surface area contributed by atoms with E-state index < -0.39 is 40.4 Å². The average molecular weight is 602 g/mol. The van der Waals surface area contributed by atoms with Gasteiger partial charge in [-0.25, -0.2) is 8.42 Å². The van der Waals surface area contributed by atoms with Gasteiger partial charge >= 0.3 is 0 Å². The molecular weight excluding hydrogens is 562 g/mol. The molecule has 2 atom stereocenters. The van der Waals surface area contributed by atoms with Crippen LogP contribution in [0.2, 0.25) is 0 Å². The Bertz CT molecular complexity index is 1450. The second-order valence-electron chi connectivity index (χ2n) is 10.5. The van der Waals surface area contributed by atoms with Gasteiger partial charge in [-0.1, -0.05) is 12.1 Å². The van der Waals surface area contributed by atoms with Crippen molar-refractivity contribution in [2.45, 2.75) is 69.9 Å². The van der Waals surface area contributed by atoms with Gasteiger partial charge in [0.25, 0.3) is 5.84 Å². The molecule has 0 aromatic heterocycles. The van der Waals surface area contributed by atoms with Crippen LogP contribution in [0.5, 0.6) is 5.75 Å². The number of aryl methyl sites for hydroxylation is 1. The number of piperidine rings is 1. The van der Waals surface area contributed by atoms with E-state index in [0.29, 0.717) is 46.7 Å². The first kappa shape index (κ1) is 32.5. The molecule has 2 aromatic rings. The number of carbonyl (C=O) groups excluding carboxylic acids is 3. The van der Waals surface area contributed by atoms with Gasteiger partial charge in [0.05, 0.1) is 17.6 Å². The van der Waals surface area contributed by atoms with E-state index in [0.717, 1.165) is 19.3 Å². The first-order valence-corrected chi connectivity index (χ1v) is 15.2. The van der Waals surface area contributed by atoms with Crippen molar-refractivity contribution < 1.29 is 38.1 Å². The predicted molar refractivity (Wildman–Crippen MR) is 154 cm³/mol. The molecule has 0 bridgehead atoms. The second kappa shape index (κ2) is 13.8. The van der Waals surface area contributed by atoms with Gasteiger partial charge in [-0.2, -0.15) is 4.72 Å². The summed E-state index contributed by atoms with van der Waals surface area (Å²) in [6.45, 7) is 5.91. The molecule has 2 unspecified atom stereocenters. The van der Waals surface area contributed by atoms with Crippen molar-refractivity contribution in [1.82, 2.24) is 14.9 Å². The fourth-order valence-electron chi connectivity index (χ4n) is 5.12. The Morgan fingerprint density at radius 3 is 2.21 bits per heavy atom. The Kier molecular flexibility index (Phi) is 10.7. The minimum atomic E-state index is -4.39. The number of amidine groups is 1. The molecule has 12 nitrogen and oxygen atoms in total. The largest absolute Gasteiger partial charge is 0.550 e. The van der Waals surface area contributed by atoms with Crippen molar-refractivity contribution in [3.05, 3.63) is 58.1 Å². The van der Waals surface area contributed by atoms with Crippen LogP contribution < -0.4 is 31.0 Å². The van der Waals surface area contributed by atoms with E-state index >= 15 is 0 Å². The summed E-state index contributed by atoms with van der Waals surface area (Å²) in [5.41, 5.74) is 8.26. The fraction of sp³-hybridized carbons (Fsp3) is 0.448. The highest BCUT2D eigenvalue weighted by molar-refractivity contribution is 7.89.